The zero-order valence-electron chi connectivity index (χ0n) is 31.2. The Morgan fingerprint density at radius 1 is 0.511 bits per heavy atom. The summed E-state index contributed by atoms with van der Waals surface area (Å²) in [6, 6.07) is -0.815. The van der Waals surface area contributed by atoms with E-state index in [1.165, 1.54) is 141 Å². The number of allylic oxidation sites excluding steroid dienone is 5. The van der Waals surface area contributed by atoms with Gasteiger partial charge < -0.3 is 20.6 Å². The van der Waals surface area contributed by atoms with Crippen molar-refractivity contribution in [3.8, 4) is 0 Å². The molecule has 0 aromatic heterocycles. The van der Waals surface area contributed by atoms with Crippen LogP contribution in [0.5, 0.6) is 0 Å². The summed E-state index contributed by atoms with van der Waals surface area (Å²) in [7, 11) is 0. The second-order valence-electron chi connectivity index (χ2n) is 13.8. The molecule has 0 aromatic carbocycles. The lowest BCUT2D eigenvalue weighted by atomic mass is 10.0. The molecule has 4 N–H and O–H groups in total. The second-order valence-corrected chi connectivity index (χ2v) is 13.8. The van der Waals surface area contributed by atoms with Crippen molar-refractivity contribution in [3.63, 3.8) is 0 Å². The summed E-state index contributed by atoms with van der Waals surface area (Å²) in [5, 5.41) is 33.0. The lowest BCUT2D eigenvalue weighted by Gasteiger charge is -2.21. The molecule has 0 fully saturated rings. The van der Waals surface area contributed by atoms with Gasteiger partial charge in [-0.3, -0.25) is 4.79 Å². The van der Waals surface area contributed by atoms with Crippen LogP contribution in [0.4, 0.5) is 0 Å². The van der Waals surface area contributed by atoms with Crippen molar-refractivity contribution < 1.29 is 20.1 Å². The van der Waals surface area contributed by atoms with Crippen molar-refractivity contribution in [1.29, 1.82) is 0 Å². The highest BCUT2D eigenvalue weighted by molar-refractivity contribution is 5.80. The van der Waals surface area contributed by atoms with Crippen molar-refractivity contribution in [1.82, 2.24) is 5.32 Å². The van der Waals surface area contributed by atoms with Crippen molar-refractivity contribution in [2.24, 2.45) is 0 Å². The molecule has 5 heteroatoms. The number of aliphatic hydroxyl groups is 3. The van der Waals surface area contributed by atoms with Crippen LogP contribution in [0.1, 0.15) is 200 Å². The molecule has 0 radical (unpaired) electrons. The molecule has 0 aliphatic heterocycles. The molecule has 0 saturated carbocycles. The van der Waals surface area contributed by atoms with E-state index in [9.17, 15) is 20.1 Å². The van der Waals surface area contributed by atoms with E-state index in [0.29, 0.717) is 6.42 Å². The number of hydrogen-bond donors (Lipinski definition) is 4. The Morgan fingerprint density at radius 2 is 0.872 bits per heavy atom. The first kappa shape index (κ1) is 45.6. The number of carbonyl (C=O) groups is 1. The molecule has 0 aliphatic rings. The van der Waals surface area contributed by atoms with E-state index in [1.54, 1.807) is 6.08 Å². The van der Waals surface area contributed by atoms with Gasteiger partial charge >= 0.3 is 0 Å². The van der Waals surface area contributed by atoms with Crippen LogP contribution >= 0.6 is 0 Å². The normalized spacial score (nSPS) is 14.1. The summed E-state index contributed by atoms with van der Waals surface area (Å²) >= 11 is 0. The highest BCUT2D eigenvalue weighted by atomic mass is 16.3. The predicted molar refractivity (Wildman–Crippen MR) is 204 cm³/mol. The predicted octanol–water partition coefficient (Wildman–Crippen LogP) is 11.2. The van der Waals surface area contributed by atoms with Crippen LogP contribution in [-0.4, -0.2) is 46.1 Å². The summed E-state index contributed by atoms with van der Waals surface area (Å²) in [4.78, 5) is 12.4. The van der Waals surface area contributed by atoms with Crippen LogP contribution in [0.25, 0.3) is 0 Å². The number of rotatable bonds is 36. The Bertz CT molecular complexity index is 734. The van der Waals surface area contributed by atoms with Crippen molar-refractivity contribution in [3.05, 3.63) is 36.5 Å². The van der Waals surface area contributed by atoms with E-state index in [0.717, 1.165) is 38.5 Å². The Morgan fingerprint density at radius 3 is 1.30 bits per heavy atom. The highest BCUT2D eigenvalue weighted by Gasteiger charge is 2.22. The van der Waals surface area contributed by atoms with Gasteiger partial charge in [0.15, 0.2) is 0 Å². The molecule has 276 valence electrons. The van der Waals surface area contributed by atoms with E-state index in [-0.39, 0.29) is 6.61 Å². The van der Waals surface area contributed by atoms with Gasteiger partial charge in [0.2, 0.25) is 5.91 Å². The minimum Gasteiger partial charge on any atom is -0.394 e. The Balaban J connectivity index is 3.75. The first-order chi connectivity index (χ1) is 23.1. The fraction of sp³-hybridized carbons (Fsp3) is 0.833. The van der Waals surface area contributed by atoms with E-state index >= 15 is 0 Å². The third kappa shape index (κ3) is 32.9. The molecule has 1 amide bonds. The van der Waals surface area contributed by atoms with Gasteiger partial charge in [-0.15, -0.1) is 0 Å². The summed E-state index contributed by atoms with van der Waals surface area (Å²) < 4.78 is 0. The number of nitrogens with one attached hydrogen (secondary N) is 1. The first-order valence-electron chi connectivity index (χ1n) is 20.3. The van der Waals surface area contributed by atoms with Gasteiger partial charge in [0.05, 0.1) is 18.8 Å². The molecule has 47 heavy (non-hydrogen) atoms. The molecule has 0 saturated heterocycles. The molecule has 3 unspecified atom stereocenters. The molecule has 0 heterocycles. The number of aliphatic hydroxyl groups excluding tert-OH is 3. The fourth-order valence-electron chi connectivity index (χ4n) is 5.96. The number of amides is 1. The Kier molecular flexibility index (Phi) is 36.3. The van der Waals surface area contributed by atoms with E-state index in [1.807, 2.05) is 6.08 Å². The van der Waals surface area contributed by atoms with Crippen LogP contribution in [0.2, 0.25) is 0 Å². The third-order valence-electron chi connectivity index (χ3n) is 9.20. The lowest BCUT2D eigenvalue weighted by Crippen LogP contribution is -2.48. The maximum atomic E-state index is 12.4. The van der Waals surface area contributed by atoms with Crippen molar-refractivity contribution >= 4 is 5.91 Å². The summed E-state index contributed by atoms with van der Waals surface area (Å²) in [5.41, 5.74) is 0. The molecule has 0 aromatic rings. The van der Waals surface area contributed by atoms with Gasteiger partial charge in [0, 0.05) is 0 Å². The van der Waals surface area contributed by atoms with Crippen LogP contribution in [0.15, 0.2) is 36.5 Å². The maximum Gasteiger partial charge on any atom is 0.249 e. The van der Waals surface area contributed by atoms with Crippen LogP contribution in [-0.2, 0) is 4.79 Å². The molecule has 0 bridgehead atoms. The number of carbonyl (C=O) groups excluding carboxylic acids is 1. The largest absolute Gasteiger partial charge is 0.394 e. The molecule has 3 atom stereocenters. The van der Waals surface area contributed by atoms with Gasteiger partial charge in [-0.25, -0.2) is 0 Å². The van der Waals surface area contributed by atoms with Crippen molar-refractivity contribution in [2.75, 3.05) is 6.61 Å². The van der Waals surface area contributed by atoms with Crippen LogP contribution in [0.3, 0.4) is 0 Å². The molecular weight excluding hydrogens is 582 g/mol. The molecule has 0 rings (SSSR count). The summed E-state index contributed by atoms with van der Waals surface area (Å²) in [6.07, 6.45) is 45.9. The molecule has 0 aliphatic carbocycles. The summed E-state index contributed by atoms with van der Waals surface area (Å²) in [5.74, 6) is -0.519. The standard InChI is InChI=1S/C42H79NO4/c1-3-5-7-9-11-13-15-17-19-20-21-22-23-25-27-29-31-33-35-37-41(46)42(47)43-39(38-44)40(45)36-34-32-30-28-26-24-18-16-14-12-10-8-6-4-2/h21-22,26,28,34,36,39-41,44-46H,3-20,23-25,27,29-33,35,37-38H2,1-2H3,(H,43,47)/b22-21-,28-26+,36-34+. The van der Waals surface area contributed by atoms with E-state index in [2.05, 4.69) is 43.5 Å². The Hall–Kier alpha value is -1.43. The minimum absolute atomic E-state index is 0.378. The zero-order valence-corrected chi connectivity index (χ0v) is 31.2. The van der Waals surface area contributed by atoms with E-state index in [4.69, 9.17) is 0 Å². The average Bonchev–Trinajstić information content (AvgIpc) is 3.07. The lowest BCUT2D eigenvalue weighted by molar-refractivity contribution is -0.131. The van der Waals surface area contributed by atoms with Crippen LogP contribution < -0.4 is 5.32 Å². The third-order valence-corrected chi connectivity index (χ3v) is 9.20. The smallest absolute Gasteiger partial charge is 0.249 e. The van der Waals surface area contributed by atoms with E-state index < -0.39 is 24.2 Å². The second kappa shape index (κ2) is 37.4. The van der Waals surface area contributed by atoms with Crippen molar-refractivity contribution in [2.45, 2.75) is 218 Å². The first-order valence-corrected chi connectivity index (χ1v) is 20.3. The maximum absolute atomic E-state index is 12.4. The SMILES string of the molecule is CCCCCCCCCC/C=C/CC/C=C/C(O)C(CO)NC(=O)C(O)CCCCCCCC/C=C\CCCCCCCCCCC. The molecule has 0 spiro atoms. The van der Waals surface area contributed by atoms with Gasteiger partial charge in [0.1, 0.15) is 6.10 Å². The Labute approximate surface area is 292 Å². The number of hydrogen-bond acceptors (Lipinski definition) is 4. The fourth-order valence-corrected chi connectivity index (χ4v) is 5.96. The van der Waals surface area contributed by atoms with Gasteiger partial charge in [-0.2, -0.15) is 0 Å². The van der Waals surface area contributed by atoms with Gasteiger partial charge in [0.25, 0.3) is 0 Å². The molecule has 5 nitrogen and oxygen atoms in total. The minimum atomic E-state index is -1.11. The molecular formula is C42H79NO4. The quantitative estimate of drug-likeness (QED) is 0.0397. The number of unbranched alkanes of at least 4 members (excludes halogenated alkanes) is 24. The zero-order chi connectivity index (χ0) is 34.5. The van der Waals surface area contributed by atoms with Crippen LogP contribution in [0, 0.1) is 0 Å². The summed E-state index contributed by atoms with van der Waals surface area (Å²) in [6.45, 7) is 4.15. The monoisotopic (exact) mass is 662 g/mol. The van der Waals surface area contributed by atoms with Gasteiger partial charge in [-0.05, 0) is 57.8 Å². The topological polar surface area (TPSA) is 89.8 Å². The highest BCUT2D eigenvalue weighted by Crippen LogP contribution is 2.13. The average molecular weight is 662 g/mol. The van der Waals surface area contributed by atoms with Gasteiger partial charge in [-0.1, -0.05) is 179 Å².